The summed E-state index contributed by atoms with van der Waals surface area (Å²) in [6.45, 7) is 2.85. The molecule has 8 nitrogen and oxygen atoms in total. The number of pyridine rings is 1. The van der Waals surface area contributed by atoms with E-state index in [0.717, 1.165) is 30.4 Å². The van der Waals surface area contributed by atoms with Crippen LogP contribution in [0, 0.1) is 29.1 Å². The van der Waals surface area contributed by atoms with Gasteiger partial charge < -0.3 is 20.1 Å². The second-order valence-electron chi connectivity index (χ2n) is 8.99. The second kappa shape index (κ2) is 8.83. The third kappa shape index (κ3) is 4.16. The summed E-state index contributed by atoms with van der Waals surface area (Å²) < 4.78 is 11.4. The van der Waals surface area contributed by atoms with Gasteiger partial charge in [0.05, 0.1) is 18.8 Å². The Morgan fingerprint density at radius 3 is 2.61 bits per heavy atom. The maximum atomic E-state index is 12.7. The molecule has 6 rings (SSSR count). The van der Waals surface area contributed by atoms with E-state index in [1.54, 1.807) is 12.3 Å². The van der Waals surface area contributed by atoms with Crippen molar-refractivity contribution in [3.63, 3.8) is 0 Å². The van der Waals surface area contributed by atoms with Crippen LogP contribution in [0.4, 0.5) is 5.82 Å². The first-order valence-electron chi connectivity index (χ1n) is 11.4. The molecular weight excluding hydrogens is 420 g/mol. The molecule has 0 spiro atoms. The molecule has 0 radical (unpaired) electrons. The summed E-state index contributed by atoms with van der Waals surface area (Å²) in [7, 11) is 0. The van der Waals surface area contributed by atoms with Crippen LogP contribution in [0.2, 0.25) is 0 Å². The van der Waals surface area contributed by atoms with E-state index in [0.29, 0.717) is 30.3 Å². The van der Waals surface area contributed by atoms with Crippen LogP contribution >= 0.6 is 0 Å². The fourth-order valence-electron chi connectivity index (χ4n) is 5.04. The molecule has 8 heteroatoms. The monoisotopic (exact) mass is 446 g/mol. The summed E-state index contributed by atoms with van der Waals surface area (Å²) in [6, 6.07) is 11.5. The standard InChI is InChI=1S/C25H26N4O4/c1-14(30)28-24-19-12-20(24)23(19)25(31)29-22-11-16(4-7-27-22)15-2-3-21(17(10-15)13-26)33-18-5-8-32-9-6-18/h2-4,7,10-11,18-20,23-24H,5-6,8-9,12H2,1H3,(H,28,30)(H,27,29,31). The molecule has 2 amide bonds. The van der Waals surface area contributed by atoms with Crippen LogP contribution in [0.1, 0.15) is 31.7 Å². The molecule has 4 fully saturated rings. The first kappa shape index (κ1) is 21.4. The van der Waals surface area contributed by atoms with E-state index in [4.69, 9.17) is 9.47 Å². The molecule has 2 unspecified atom stereocenters. The highest BCUT2D eigenvalue weighted by atomic mass is 16.5. The molecule has 1 aromatic carbocycles. The lowest BCUT2D eigenvalue weighted by Gasteiger charge is -2.63. The van der Waals surface area contributed by atoms with Gasteiger partial charge in [-0.05, 0) is 53.6 Å². The molecule has 2 aromatic rings. The number of rotatable bonds is 6. The average molecular weight is 447 g/mol. The van der Waals surface area contributed by atoms with Crippen molar-refractivity contribution in [2.24, 2.45) is 17.8 Å². The van der Waals surface area contributed by atoms with Gasteiger partial charge in [-0.15, -0.1) is 0 Å². The van der Waals surface area contributed by atoms with Gasteiger partial charge in [0.15, 0.2) is 0 Å². The van der Waals surface area contributed by atoms with Gasteiger partial charge in [0, 0.05) is 37.9 Å². The fourth-order valence-corrected chi connectivity index (χ4v) is 5.04. The van der Waals surface area contributed by atoms with E-state index in [1.807, 2.05) is 24.3 Å². The summed E-state index contributed by atoms with van der Waals surface area (Å²) in [4.78, 5) is 28.3. The van der Waals surface area contributed by atoms with Gasteiger partial charge >= 0.3 is 0 Å². The molecule has 2 bridgehead atoms. The number of hydrogen-bond acceptors (Lipinski definition) is 6. The van der Waals surface area contributed by atoms with E-state index < -0.39 is 0 Å². The lowest BCUT2D eigenvalue weighted by molar-refractivity contribution is -0.163. The number of benzene rings is 1. The summed E-state index contributed by atoms with van der Waals surface area (Å²) in [5.41, 5.74) is 2.17. The predicted molar refractivity (Wildman–Crippen MR) is 120 cm³/mol. The minimum Gasteiger partial charge on any atom is -0.489 e. The highest BCUT2D eigenvalue weighted by molar-refractivity contribution is 5.94. The predicted octanol–water partition coefficient (Wildman–Crippen LogP) is 2.89. The van der Waals surface area contributed by atoms with Crippen LogP contribution < -0.4 is 15.4 Å². The van der Waals surface area contributed by atoms with E-state index in [-0.39, 0.29) is 41.7 Å². The second-order valence-corrected chi connectivity index (χ2v) is 8.99. The molecule has 2 heterocycles. The molecule has 1 saturated heterocycles. The Hall–Kier alpha value is -3.44. The largest absolute Gasteiger partial charge is 0.489 e. The van der Waals surface area contributed by atoms with Crippen molar-refractivity contribution in [3.8, 4) is 22.9 Å². The number of aromatic nitrogens is 1. The lowest BCUT2D eigenvalue weighted by Crippen LogP contribution is -2.72. The maximum absolute atomic E-state index is 12.7. The third-order valence-corrected chi connectivity index (χ3v) is 6.97. The summed E-state index contributed by atoms with van der Waals surface area (Å²) in [6.07, 6.45) is 4.31. The van der Waals surface area contributed by atoms with E-state index >= 15 is 0 Å². The van der Waals surface area contributed by atoms with Crippen LogP contribution in [-0.4, -0.2) is 42.2 Å². The number of anilines is 1. The topological polar surface area (TPSA) is 113 Å². The Kier molecular flexibility index (Phi) is 5.73. The zero-order valence-electron chi connectivity index (χ0n) is 18.4. The molecular formula is C25H26N4O4. The molecule has 1 aromatic heterocycles. The van der Waals surface area contributed by atoms with Crippen molar-refractivity contribution in [2.45, 2.75) is 38.3 Å². The number of nitrogens with zero attached hydrogens (tertiary/aromatic N) is 2. The highest BCUT2D eigenvalue weighted by Crippen LogP contribution is 2.58. The van der Waals surface area contributed by atoms with Crippen molar-refractivity contribution in [1.82, 2.24) is 10.3 Å². The van der Waals surface area contributed by atoms with Crippen molar-refractivity contribution in [3.05, 3.63) is 42.1 Å². The minimum atomic E-state index is -0.0703. The van der Waals surface area contributed by atoms with Crippen LogP contribution in [0.15, 0.2) is 36.5 Å². The minimum absolute atomic E-state index is 0.0520. The van der Waals surface area contributed by atoms with Gasteiger partial charge in [0.2, 0.25) is 11.8 Å². The molecule has 4 aliphatic rings. The Morgan fingerprint density at radius 1 is 1.15 bits per heavy atom. The smallest absolute Gasteiger partial charge is 0.229 e. The Bertz CT molecular complexity index is 1110. The SMILES string of the molecule is CC(=O)NC1C2CC1C2C(=O)Nc1cc(-c2ccc(OC3CCOCC3)c(C#N)c2)ccn1. The zero-order chi connectivity index (χ0) is 22.9. The Labute approximate surface area is 192 Å². The van der Waals surface area contributed by atoms with Gasteiger partial charge in [-0.3, -0.25) is 9.59 Å². The highest BCUT2D eigenvalue weighted by Gasteiger charge is 2.64. The summed E-state index contributed by atoms with van der Waals surface area (Å²) in [5.74, 6) is 1.30. The molecule has 2 atom stereocenters. The molecule has 170 valence electrons. The molecule has 3 saturated carbocycles. The quantitative estimate of drug-likeness (QED) is 0.705. The summed E-state index contributed by atoms with van der Waals surface area (Å²) in [5, 5.41) is 15.5. The number of carbonyl (C=O) groups is 2. The molecule has 3 aliphatic carbocycles. The number of carbonyl (C=O) groups excluding carboxylic acids is 2. The van der Waals surface area contributed by atoms with Crippen LogP contribution in [0.5, 0.6) is 5.75 Å². The number of ether oxygens (including phenoxy) is 2. The van der Waals surface area contributed by atoms with Crippen molar-refractivity contribution in [1.29, 1.82) is 5.26 Å². The molecule has 33 heavy (non-hydrogen) atoms. The van der Waals surface area contributed by atoms with Crippen LogP contribution in [-0.2, 0) is 14.3 Å². The van der Waals surface area contributed by atoms with E-state index in [2.05, 4.69) is 21.7 Å². The van der Waals surface area contributed by atoms with Gasteiger partial charge in [-0.2, -0.15) is 5.26 Å². The molecule has 2 N–H and O–H groups in total. The average Bonchev–Trinajstić information content (AvgIpc) is 2.77. The first-order valence-corrected chi connectivity index (χ1v) is 11.4. The fraction of sp³-hybridized carbons (Fsp3) is 0.440. The molecule has 1 aliphatic heterocycles. The van der Waals surface area contributed by atoms with Gasteiger partial charge in [-0.25, -0.2) is 4.98 Å². The lowest BCUT2D eigenvalue weighted by atomic mass is 9.44. The number of nitriles is 1. The Balaban J connectivity index is 1.26. The summed E-state index contributed by atoms with van der Waals surface area (Å²) >= 11 is 0. The maximum Gasteiger partial charge on any atom is 0.229 e. The zero-order valence-corrected chi connectivity index (χ0v) is 18.4. The number of hydrogen-bond donors (Lipinski definition) is 2. The van der Waals surface area contributed by atoms with Gasteiger partial charge in [0.25, 0.3) is 0 Å². The van der Waals surface area contributed by atoms with Crippen LogP contribution in [0.3, 0.4) is 0 Å². The van der Waals surface area contributed by atoms with Gasteiger partial charge in [0.1, 0.15) is 23.7 Å². The van der Waals surface area contributed by atoms with Crippen molar-refractivity contribution < 1.29 is 19.1 Å². The third-order valence-electron chi connectivity index (χ3n) is 6.97. The first-order chi connectivity index (χ1) is 16.0. The number of amides is 2. The van der Waals surface area contributed by atoms with Gasteiger partial charge in [-0.1, -0.05) is 6.07 Å². The van der Waals surface area contributed by atoms with Crippen molar-refractivity contribution >= 4 is 17.6 Å². The Morgan fingerprint density at radius 2 is 1.91 bits per heavy atom. The normalized spacial score (nSPS) is 25.7. The van der Waals surface area contributed by atoms with E-state index in [1.165, 1.54) is 6.92 Å². The van der Waals surface area contributed by atoms with E-state index in [9.17, 15) is 14.9 Å². The van der Waals surface area contributed by atoms with Crippen molar-refractivity contribution in [2.75, 3.05) is 18.5 Å². The van der Waals surface area contributed by atoms with Crippen LogP contribution in [0.25, 0.3) is 11.1 Å². The number of nitrogens with one attached hydrogen (secondary N) is 2.